The van der Waals surface area contributed by atoms with Crippen molar-refractivity contribution >= 4 is 11.6 Å². The maximum absolute atomic E-state index is 12.6. The molecule has 5 heteroatoms. The van der Waals surface area contributed by atoms with Gasteiger partial charge < -0.3 is 10.1 Å². The first-order chi connectivity index (χ1) is 7.90. The molecule has 0 spiro atoms. The number of hydrogen-bond acceptors (Lipinski definition) is 2. The fourth-order valence-corrected chi connectivity index (χ4v) is 1.07. The number of hydrogen-bond donors (Lipinski definition) is 1. The molecule has 17 heavy (non-hydrogen) atoms. The number of carbonyl (C=O) groups excluding carboxylic acids is 1. The summed E-state index contributed by atoms with van der Waals surface area (Å²) in [5.74, 6) is -2.99. The monoisotopic (exact) mass is 241 g/mol. The first-order valence-electron chi connectivity index (χ1n) is 4.95. The van der Waals surface area contributed by atoms with Gasteiger partial charge in [-0.3, -0.25) is 4.79 Å². The highest BCUT2D eigenvalue weighted by Gasteiger charge is 2.21. The van der Waals surface area contributed by atoms with Gasteiger partial charge in [0.15, 0.2) is 6.61 Å². The third kappa shape index (κ3) is 5.10. The number of carbonyl (C=O) groups is 1. The van der Waals surface area contributed by atoms with E-state index in [9.17, 15) is 13.6 Å². The highest BCUT2D eigenvalue weighted by molar-refractivity contribution is 5.98. The molecule has 1 aromatic rings. The fourth-order valence-electron chi connectivity index (χ4n) is 1.07. The number of alkyl halides is 2. The van der Waals surface area contributed by atoms with Gasteiger partial charge in [0.05, 0.1) is 0 Å². The van der Waals surface area contributed by atoms with Crippen LogP contribution in [0.15, 0.2) is 36.9 Å². The van der Waals surface area contributed by atoms with Crippen LogP contribution in [-0.2, 0) is 4.79 Å². The number of anilines is 1. The van der Waals surface area contributed by atoms with Gasteiger partial charge in [-0.25, -0.2) is 8.78 Å². The first-order valence-corrected chi connectivity index (χ1v) is 4.95. The number of rotatable bonds is 5. The quantitative estimate of drug-likeness (QED) is 0.805. The zero-order valence-corrected chi connectivity index (χ0v) is 9.37. The van der Waals surface area contributed by atoms with Gasteiger partial charge in [0.2, 0.25) is 5.91 Å². The average Bonchev–Trinajstić information content (AvgIpc) is 2.26. The first kappa shape index (κ1) is 13.2. The van der Waals surface area contributed by atoms with Crippen LogP contribution in [0.1, 0.15) is 6.92 Å². The molecule has 0 aliphatic heterocycles. The third-order valence-electron chi connectivity index (χ3n) is 1.78. The Bertz CT molecular complexity index is 413. The van der Waals surface area contributed by atoms with E-state index in [0.29, 0.717) is 5.69 Å². The third-order valence-corrected chi connectivity index (χ3v) is 1.78. The smallest absolute Gasteiger partial charge is 0.278 e. The molecule has 1 amide bonds. The molecule has 0 unspecified atom stereocenters. The molecule has 0 aliphatic carbocycles. The normalized spacial score (nSPS) is 10.8. The highest BCUT2D eigenvalue weighted by Crippen LogP contribution is 2.20. The van der Waals surface area contributed by atoms with Gasteiger partial charge in [-0.1, -0.05) is 12.6 Å². The molecule has 1 aromatic carbocycles. The van der Waals surface area contributed by atoms with E-state index in [1.54, 1.807) is 12.1 Å². The molecule has 0 atom stereocenters. The summed E-state index contributed by atoms with van der Waals surface area (Å²) in [6.07, 6.45) is 1.12. The number of nitrogens with one attached hydrogen (secondary N) is 1. The molecule has 0 saturated carbocycles. The van der Waals surface area contributed by atoms with E-state index in [1.165, 1.54) is 12.1 Å². The molecular weight excluding hydrogens is 228 g/mol. The lowest BCUT2D eigenvalue weighted by atomic mass is 10.3. The molecule has 0 fully saturated rings. The van der Waals surface area contributed by atoms with Crippen LogP contribution >= 0.6 is 0 Å². The average molecular weight is 241 g/mol. The minimum Gasteiger partial charge on any atom is -0.487 e. The summed E-state index contributed by atoms with van der Waals surface area (Å²) < 4.78 is 30.0. The molecule has 0 aliphatic rings. The molecule has 0 aromatic heterocycles. The van der Waals surface area contributed by atoms with E-state index in [-0.39, 0.29) is 11.7 Å². The summed E-state index contributed by atoms with van der Waals surface area (Å²) in [5, 5.41) is 2.50. The summed E-state index contributed by atoms with van der Waals surface area (Å²) in [7, 11) is 0. The SMILES string of the molecule is C=CC(=O)Nc1cccc(OCC(C)(F)F)c1. The minimum absolute atomic E-state index is 0.272. The van der Waals surface area contributed by atoms with Crippen LogP contribution in [0.5, 0.6) is 5.75 Å². The van der Waals surface area contributed by atoms with Crippen molar-refractivity contribution in [2.24, 2.45) is 0 Å². The number of amides is 1. The standard InChI is InChI=1S/C12H13F2NO2/c1-3-11(16)15-9-5-4-6-10(7-9)17-8-12(2,13)14/h3-7H,1,8H2,2H3,(H,15,16). The Hall–Kier alpha value is -1.91. The second-order valence-corrected chi connectivity index (χ2v) is 3.58. The second-order valence-electron chi connectivity index (χ2n) is 3.58. The van der Waals surface area contributed by atoms with Crippen molar-refractivity contribution in [3.8, 4) is 5.75 Å². The molecule has 1 rings (SSSR count). The van der Waals surface area contributed by atoms with Crippen molar-refractivity contribution in [1.29, 1.82) is 0 Å². The zero-order valence-electron chi connectivity index (χ0n) is 9.37. The number of ether oxygens (including phenoxy) is 1. The summed E-state index contributed by atoms with van der Waals surface area (Å²) in [6, 6.07) is 6.22. The molecule has 1 N–H and O–H groups in total. The molecule has 3 nitrogen and oxygen atoms in total. The fraction of sp³-hybridized carbons (Fsp3) is 0.250. The van der Waals surface area contributed by atoms with Crippen LogP contribution in [0.4, 0.5) is 14.5 Å². The maximum atomic E-state index is 12.6. The Labute approximate surface area is 98.1 Å². The summed E-state index contributed by atoms with van der Waals surface area (Å²) in [6.45, 7) is 3.38. The van der Waals surface area contributed by atoms with Crippen LogP contribution in [0.3, 0.4) is 0 Å². The van der Waals surface area contributed by atoms with Gasteiger partial charge in [-0.05, 0) is 18.2 Å². The van der Waals surface area contributed by atoms with E-state index in [4.69, 9.17) is 4.74 Å². The van der Waals surface area contributed by atoms with Crippen LogP contribution in [0.2, 0.25) is 0 Å². The predicted molar refractivity (Wildman–Crippen MR) is 61.4 cm³/mol. The highest BCUT2D eigenvalue weighted by atomic mass is 19.3. The Balaban J connectivity index is 2.66. The summed E-state index contributed by atoms with van der Waals surface area (Å²) >= 11 is 0. The van der Waals surface area contributed by atoms with Crippen LogP contribution in [0, 0.1) is 0 Å². The molecule has 0 heterocycles. The van der Waals surface area contributed by atoms with E-state index in [0.717, 1.165) is 13.0 Å². The number of halogens is 2. The largest absolute Gasteiger partial charge is 0.487 e. The topological polar surface area (TPSA) is 38.3 Å². The molecule has 92 valence electrons. The molecule has 0 saturated heterocycles. The van der Waals surface area contributed by atoms with Gasteiger partial charge in [0.1, 0.15) is 5.75 Å². The van der Waals surface area contributed by atoms with Crippen molar-refractivity contribution in [3.63, 3.8) is 0 Å². The Kier molecular flexibility index (Phi) is 4.20. The Morgan fingerprint density at radius 2 is 2.29 bits per heavy atom. The van der Waals surface area contributed by atoms with Crippen LogP contribution in [-0.4, -0.2) is 18.4 Å². The lowest BCUT2D eigenvalue weighted by Gasteiger charge is -2.12. The Morgan fingerprint density at radius 1 is 1.59 bits per heavy atom. The molecular formula is C12H13F2NO2. The van der Waals surface area contributed by atoms with Crippen LogP contribution < -0.4 is 10.1 Å². The summed E-state index contributed by atoms with van der Waals surface area (Å²) in [4.78, 5) is 11.0. The minimum atomic E-state index is -2.89. The maximum Gasteiger partial charge on any atom is 0.278 e. The lowest BCUT2D eigenvalue weighted by Crippen LogP contribution is -2.20. The lowest BCUT2D eigenvalue weighted by molar-refractivity contribution is -0.111. The van der Waals surface area contributed by atoms with Crippen molar-refractivity contribution in [1.82, 2.24) is 0 Å². The van der Waals surface area contributed by atoms with Crippen molar-refractivity contribution < 1.29 is 18.3 Å². The zero-order chi connectivity index (χ0) is 12.9. The predicted octanol–water partition coefficient (Wildman–Crippen LogP) is 2.85. The van der Waals surface area contributed by atoms with Gasteiger partial charge in [0, 0.05) is 18.7 Å². The van der Waals surface area contributed by atoms with Gasteiger partial charge in [-0.2, -0.15) is 0 Å². The van der Waals surface area contributed by atoms with Crippen molar-refractivity contribution in [3.05, 3.63) is 36.9 Å². The van der Waals surface area contributed by atoms with Crippen molar-refractivity contribution in [2.45, 2.75) is 12.8 Å². The Morgan fingerprint density at radius 3 is 2.88 bits per heavy atom. The number of benzene rings is 1. The van der Waals surface area contributed by atoms with Gasteiger partial charge in [-0.15, -0.1) is 0 Å². The van der Waals surface area contributed by atoms with Gasteiger partial charge >= 0.3 is 0 Å². The molecule has 0 radical (unpaired) electrons. The van der Waals surface area contributed by atoms with E-state index >= 15 is 0 Å². The second kappa shape index (κ2) is 5.43. The van der Waals surface area contributed by atoms with E-state index in [2.05, 4.69) is 11.9 Å². The summed E-state index contributed by atoms with van der Waals surface area (Å²) in [5.41, 5.74) is 0.465. The van der Waals surface area contributed by atoms with E-state index in [1.807, 2.05) is 0 Å². The van der Waals surface area contributed by atoms with Crippen LogP contribution in [0.25, 0.3) is 0 Å². The van der Waals surface area contributed by atoms with Crippen molar-refractivity contribution in [2.75, 3.05) is 11.9 Å². The van der Waals surface area contributed by atoms with Gasteiger partial charge in [0.25, 0.3) is 5.92 Å². The molecule has 0 bridgehead atoms. The van der Waals surface area contributed by atoms with E-state index < -0.39 is 12.5 Å².